The highest BCUT2D eigenvalue weighted by molar-refractivity contribution is 6.28. The molecule has 3 amide bonds. The minimum Gasteiger partial charge on any atom is -0.314 e. The number of hydrogen-bond acceptors (Lipinski definition) is 3. The monoisotopic (exact) mass is 320 g/mol. The number of amides is 3. The average Bonchev–Trinajstić information content (AvgIpc) is 2.98. The first-order chi connectivity index (χ1) is 11.6. The molecule has 0 bridgehead atoms. The van der Waals surface area contributed by atoms with E-state index in [2.05, 4.69) is 0 Å². The summed E-state index contributed by atoms with van der Waals surface area (Å²) < 4.78 is 0. The van der Waals surface area contributed by atoms with Crippen molar-refractivity contribution in [3.8, 4) is 0 Å². The molecule has 5 heteroatoms. The largest absolute Gasteiger partial charge is 0.314 e. The maximum absolute atomic E-state index is 13.1. The molecule has 120 valence electrons. The van der Waals surface area contributed by atoms with E-state index in [0.717, 1.165) is 5.56 Å². The van der Waals surface area contributed by atoms with Gasteiger partial charge in [-0.3, -0.25) is 19.3 Å². The lowest BCUT2D eigenvalue weighted by Gasteiger charge is -2.21. The Morgan fingerprint density at radius 1 is 0.917 bits per heavy atom. The molecular formula is C19H16N2O3. The zero-order valence-electron chi connectivity index (χ0n) is 13.2. The van der Waals surface area contributed by atoms with E-state index in [-0.39, 0.29) is 24.8 Å². The fraction of sp³-hybridized carbons (Fsp3) is 0.211. The highest BCUT2D eigenvalue weighted by atomic mass is 16.2. The molecule has 2 aliphatic heterocycles. The van der Waals surface area contributed by atoms with Crippen LogP contribution in [0.1, 0.15) is 17.5 Å². The number of para-hydroxylation sites is 1. The van der Waals surface area contributed by atoms with Gasteiger partial charge in [0, 0.05) is 18.3 Å². The van der Waals surface area contributed by atoms with Crippen LogP contribution in [0.4, 0.5) is 5.69 Å². The Morgan fingerprint density at radius 3 is 2.33 bits per heavy atom. The van der Waals surface area contributed by atoms with Crippen LogP contribution in [-0.2, 0) is 26.3 Å². The SMILES string of the molecule is CN1C(=O)[C@]2(CC(=O)N(Cc3ccccc3)C2=O)c2ccccc21. The van der Waals surface area contributed by atoms with E-state index in [9.17, 15) is 14.4 Å². The molecule has 2 aliphatic rings. The number of nitrogens with zero attached hydrogens (tertiary/aromatic N) is 2. The average molecular weight is 320 g/mol. The zero-order valence-corrected chi connectivity index (χ0v) is 13.2. The second kappa shape index (κ2) is 5.03. The van der Waals surface area contributed by atoms with E-state index in [0.29, 0.717) is 11.3 Å². The fourth-order valence-electron chi connectivity index (χ4n) is 3.68. The summed E-state index contributed by atoms with van der Waals surface area (Å²) in [7, 11) is 1.65. The Kier molecular flexibility index (Phi) is 3.06. The number of imide groups is 1. The number of fused-ring (bicyclic) bond motifs is 2. The van der Waals surface area contributed by atoms with Crippen molar-refractivity contribution < 1.29 is 14.4 Å². The molecule has 1 fully saturated rings. The van der Waals surface area contributed by atoms with Crippen molar-refractivity contribution in [2.45, 2.75) is 18.4 Å². The molecule has 24 heavy (non-hydrogen) atoms. The lowest BCUT2D eigenvalue weighted by atomic mass is 9.80. The summed E-state index contributed by atoms with van der Waals surface area (Å²) in [6, 6.07) is 16.5. The third-order valence-electron chi connectivity index (χ3n) is 4.91. The fourth-order valence-corrected chi connectivity index (χ4v) is 3.68. The van der Waals surface area contributed by atoms with Gasteiger partial charge in [-0.05, 0) is 11.6 Å². The van der Waals surface area contributed by atoms with Crippen LogP contribution in [0, 0.1) is 0 Å². The molecule has 1 atom stereocenters. The van der Waals surface area contributed by atoms with Gasteiger partial charge >= 0.3 is 0 Å². The lowest BCUT2D eigenvalue weighted by molar-refractivity contribution is -0.142. The number of carbonyl (C=O) groups is 3. The molecule has 1 saturated heterocycles. The number of carbonyl (C=O) groups excluding carboxylic acids is 3. The molecule has 0 aliphatic carbocycles. The van der Waals surface area contributed by atoms with Gasteiger partial charge in [0.15, 0.2) is 5.41 Å². The van der Waals surface area contributed by atoms with Crippen molar-refractivity contribution in [2.24, 2.45) is 0 Å². The number of rotatable bonds is 2. The molecule has 0 saturated carbocycles. The van der Waals surface area contributed by atoms with Crippen molar-refractivity contribution in [3.05, 3.63) is 65.7 Å². The van der Waals surface area contributed by atoms with Gasteiger partial charge in [-0.1, -0.05) is 48.5 Å². The number of hydrogen-bond donors (Lipinski definition) is 0. The van der Waals surface area contributed by atoms with Gasteiger partial charge in [0.1, 0.15) is 0 Å². The molecule has 0 unspecified atom stereocenters. The van der Waals surface area contributed by atoms with E-state index < -0.39 is 11.3 Å². The first-order valence-corrected chi connectivity index (χ1v) is 7.82. The van der Waals surface area contributed by atoms with Crippen LogP contribution in [0.15, 0.2) is 54.6 Å². The molecule has 4 rings (SSSR count). The van der Waals surface area contributed by atoms with Crippen LogP contribution in [-0.4, -0.2) is 29.7 Å². The van der Waals surface area contributed by atoms with Gasteiger partial charge in [0.25, 0.3) is 0 Å². The minimum absolute atomic E-state index is 0.0984. The Hall–Kier alpha value is -2.95. The van der Waals surface area contributed by atoms with Gasteiger partial charge in [0.05, 0.1) is 13.0 Å². The van der Waals surface area contributed by atoms with Crippen LogP contribution >= 0.6 is 0 Å². The lowest BCUT2D eigenvalue weighted by Crippen LogP contribution is -2.45. The number of likely N-dealkylation sites (tertiary alicyclic amines) is 1. The Bertz CT molecular complexity index is 862. The third-order valence-corrected chi connectivity index (χ3v) is 4.91. The standard InChI is InChI=1S/C19H16N2O3/c1-20-15-10-6-5-9-14(15)19(17(20)23)11-16(22)21(18(19)24)12-13-7-3-2-4-8-13/h2-10H,11-12H2,1H3/t19-/m0/s1. The van der Waals surface area contributed by atoms with Crippen molar-refractivity contribution in [3.63, 3.8) is 0 Å². The normalized spacial score (nSPS) is 22.6. The summed E-state index contributed by atoms with van der Waals surface area (Å²) in [5.41, 5.74) is 0.803. The molecule has 2 heterocycles. The Balaban J connectivity index is 1.77. The molecule has 2 aromatic rings. The number of anilines is 1. The second-order valence-electron chi connectivity index (χ2n) is 6.23. The first-order valence-electron chi connectivity index (χ1n) is 7.82. The summed E-state index contributed by atoms with van der Waals surface area (Å²) in [6.45, 7) is 0.194. The van der Waals surface area contributed by atoms with Crippen molar-refractivity contribution in [2.75, 3.05) is 11.9 Å². The van der Waals surface area contributed by atoms with E-state index in [1.807, 2.05) is 36.4 Å². The third kappa shape index (κ3) is 1.78. The smallest absolute Gasteiger partial charge is 0.250 e. The van der Waals surface area contributed by atoms with E-state index >= 15 is 0 Å². The van der Waals surface area contributed by atoms with E-state index in [1.165, 1.54) is 9.80 Å². The van der Waals surface area contributed by atoms with Crippen molar-refractivity contribution in [1.29, 1.82) is 0 Å². The summed E-state index contributed by atoms with van der Waals surface area (Å²) in [5, 5.41) is 0. The predicted molar refractivity (Wildman–Crippen MR) is 88.1 cm³/mol. The zero-order chi connectivity index (χ0) is 16.9. The summed E-state index contributed by atoms with van der Waals surface area (Å²) in [4.78, 5) is 41.2. The summed E-state index contributed by atoms with van der Waals surface area (Å²) in [5.74, 6) is -1.04. The quantitative estimate of drug-likeness (QED) is 0.627. The number of likely N-dealkylation sites (N-methyl/N-ethyl adjacent to an activating group) is 1. The molecule has 2 aromatic carbocycles. The number of benzene rings is 2. The molecular weight excluding hydrogens is 304 g/mol. The van der Waals surface area contributed by atoms with Gasteiger partial charge < -0.3 is 4.90 Å². The first kappa shape index (κ1) is 14.6. The summed E-state index contributed by atoms with van der Waals surface area (Å²) >= 11 is 0. The maximum Gasteiger partial charge on any atom is 0.250 e. The molecule has 1 spiro atoms. The van der Waals surface area contributed by atoms with Gasteiger partial charge in [0.2, 0.25) is 17.7 Å². The van der Waals surface area contributed by atoms with Gasteiger partial charge in [-0.15, -0.1) is 0 Å². The van der Waals surface area contributed by atoms with Crippen LogP contribution in [0.2, 0.25) is 0 Å². The highest BCUT2D eigenvalue weighted by Crippen LogP contribution is 2.48. The summed E-state index contributed by atoms with van der Waals surface area (Å²) in [6.07, 6.45) is -0.0984. The second-order valence-corrected chi connectivity index (χ2v) is 6.23. The molecule has 5 nitrogen and oxygen atoms in total. The molecule has 0 radical (unpaired) electrons. The Labute approximate surface area is 139 Å². The van der Waals surface area contributed by atoms with Crippen LogP contribution in [0.25, 0.3) is 0 Å². The van der Waals surface area contributed by atoms with Crippen molar-refractivity contribution >= 4 is 23.4 Å². The predicted octanol–water partition coefficient (Wildman–Crippen LogP) is 1.86. The van der Waals surface area contributed by atoms with Gasteiger partial charge in [-0.2, -0.15) is 0 Å². The minimum atomic E-state index is -1.39. The van der Waals surface area contributed by atoms with Crippen LogP contribution in [0.5, 0.6) is 0 Å². The van der Waals surface area contributed by atoms with Crippen molar-refractivity contribution in [1.82, 2.24) is 4.90 Å². The topological polar surface area (TPSA) is 57.7 Å². The van der Waals surface area contributed by atoms with Crippen LogP contribution in [0.3, 0.4) is 0 Å². The molecule has 0 N–H and O–H groups in total. The van der Waals surface area contributed by atoms with E-state index in [4.69, 9.17) is 0 Å². The highest BCUT2D eigenvalue weighted by Gasteiger charge is 2.62. The Morgan fingerprint density at radius 2 is 1.58 bits per heavy atom. The van der Waals surface area contributed by atoms with E-state index in [1.54, 1.807) is 25.2 Å². The molecule has 0 aromatic heterocycles. The maximum atomic E-state index is 13.1. The van der Waals surface area contributed by atoms with Crippen LogP contribution < -0.4 is 4.90 Å². The van der Waals surface area contributed by atoms with Gasteiger partial charge in [-0.25, -0.2) is 0 Å².